The van der Waals surface area contributed by atoms with Crippen molar-refractivity contribution in [3.63, 3.8) is 0 Å². The highest BCUT2D eigenvalue weighted by Gasteiger charge is 2.24. The highest BCUT2D eigenvalue weighted by molar-refractivity contribution is 7.12. The molecular formula is C22H17NO3S. The Hall–Kier alpha value is -3.18. The summed E-state index contributed by atoms with van der Waals surface area (Å²) in [4.78, 5) is 17.2. The van der Waals surface area contributed by atoms with Crippen molar-refractivity contribution < 1.29 is 14.3 Å². The molecule has 3 aromatic rings. The Labute approximate surface area is 161 Å². The lowest BCUT2D eigenvalue weighted by molar-refractivity contribution is -0.129. The molecule has 27 heavy (non-hydrogen) atoms. The number of thiophene rings is 1. The summed E-state index contributed by atoms with van der Waals surface area (Å²) >= 11 is 1.48. The fourth-order valence-corrected chi connectivity index (χ4v) is 3.27. The van der Waals surface area contributed by atoms with Gasteiger partial charge in [-0.05, 0) is 47.7 Å². The monoisotopic (exact) mass is 375 g/mol. The van der Waals surface area contributed by atoms with Crippen LogP contribution in [0.3, 0.4) is 0 Å². The van der Waals surface area contributed by atoms with E-state index >= 15 is 0 Å². The van der Waals surface area contributed by atoms with Gasteiger partial charge in [-0.2, -0.15) is 0 Å². The number of ether oxygens (including phenoxy) is 2. The summed E-state index contributed by atoms with van der Waals surface area (Å²) in [6, 6.07) is 19.6. The van der Waals surface area contributed by atoms with Crippen LogP contribution in [0.25, 0.3) is 6.08 Å². The molecule has 0 saturated carbocycles. The molecule has 0 saturated heterocycles. The van der Waals surface area contributed by atoms with Gasteiger partial charge in [-0.25, -0.2) is 9.79 Å². The Balaban J connectivity index is 1.49. The Kier molecular flexibility index (Phi) is 4.85. The number of hydrogen-bond acceptors (Lipinski definition) is 5. The number of carbonyl (C=O) groups is 1. The zero-order valence-corrected chi connectivity index (χ0v) is 15.5. The third-order valence-electron chi connectivity index (χ3n) is 4.04. The van der Waals surface area contributed by atoms with E-state index in [9.17, 15) is 4.79 Å². The molecule has 2 heterocycles. The van der Waals surface area contributed by atoms with Gasteiger partial charge in [0.2, 0.25) is 5.90 Å². The molecule has 5 heteroatoms. The quantitative estimate of drug-likeness (QED) is 0.467. The number of hydrogen-bond donors (Lipinski definition) is 0. The van der Waals surface area contributed by atoms with Crippen molar-refractivity contribution in [2.45, 2.75) is 13.5 Å². The summed E-state index contributed by atoms with van der Waals surface area (Å²) < 4.78 is 11.1. The molecule has 0 fully saturated rings. The van der Waals surface area contributed by atoms with Crippen LogP contribution in [0.2, 0.25) is 0 Å². The molecule has 134 valence electrons. The molecule has 1 aliphatic rings. The standard InChI is InChI=1S/C22H17NO3S/c1-15-7-9-16(10-8-15)14-25-18-5-2-4-17(12-18)13-19-22(24)26-21(23-19)20-6-3-11-27-20/h2-13H,14H2,1H3/b19-13+. The summed E-state index contributed by atoms with van der Waals surface area (Å²) in [5, 5.41) is 1.92. The first kappa shape index (κ1) is 17.2. The van der Waals surface area contributed by atoms with E-state index in [2.05, 4.69) is 36.2 Å². The van der Waals surface area contributed by atoms with Gasteiger partial charge in [-0.3, -0.25) is 0 Å². The van der Waals surface area contributed by atoms with Crippen molar-refractivity contribution >= 4 is 29.3 Å². The van der Waals surface area contributed by atoms with Crippen LogP contribution in [0.4, 0.5) is 0 Å². The van der Waals surface area contributed by atoms with E-state index in [1.807, 2.05) is 41.8 Å². The number of benzene rings is 2. The number of rotatable bonds is 5. The van der Waals surface area contributed by atoms with Gasteiger partial charge in [-0.1, -0.05) is 48.0 Å². The molecule has 0 N–H and O–H groups in total. The number of aliphatic imine (C=N–C) groups is 1. The van der Waals surface area contributed by atoms with Gasteiger partial charge >= 0.3 is 5.97 Å². The molecule has 0 spiro atoms. The molecule has 1 aromatic heterocycles. The molecule has 0 aliphatic carbocycles. The van der Waals surface area contributed by atoms with E-state index in [0.717, 1.165) is 21.8 Å². The maximum atomic E-state index is 12.1. The van der Waals surface area contributed by atoms with Gasteiger partial charge < -0.3 is 9.47 Å². The molecule has 4 rings (SSSR count). The molecule has 1 aliphatic heterocycles. The minimum atomic E-state index is -0.440. The van der Waals surface area contributed by atoms with E-state index in [-0.39, 0.29) is 5.70 Å². The molecular weight excluding hydrogens is 358 g/mol. The first-order chi connectivity index (χ1) is 13.2. The van der Waals surface area contributed by atoms with Crippen LogP contribution in [-0.2, 0) is 16.1 Å². The third kappa shape index (κ3) is 4.15. The smallest absolute Gasteiger partial charge is 0.363 e. The average Bonchev–Trinajstić information content (AvgIpc) is 3.32. The van der Waals surface area contributed by atoms with Crippen LogP contribution in [0, 0.1) is 6.92 Å². The van der Waals surface area contributed by atoms with Crippen molar-refractivity contribution in [2.24, 2.45) is 4.99 Å². The number of nitrogens with zero attached hydrogens (tertiary/aromatic N) is 1. The normalized spacial score (nSPS) is 14.9. The minimum Gasteiger partial charge on any atom is -0.489 e. The topological polar surface area (TPSA) is 47.9 Å². The summed E-state index contributed by atoms with van der Waals surface area (Å²) in [6.07, 6.45) is 1.71. The minimum absolute atomic E-state index is 0.286. The Bertz CT molecular complexity index is 1020. The summed E-state index contributed by atoms with van der Waals surface area (Å²) in [5.74, 6) is 0.649. The Morgan fingerprint density at radius 1 is 1.11 bits per heavy atom. The van der Waals surface area contributed by atoms with Gasteiger partial charge in [0, 0.05) is 0 Å². The summed E-state index contributed by atoms with van der Waals surface area (Å²) in [7, 11) is 0. The predicted molar refractivity (Wildman–Crippen MR) is 107 cm³/mol. The summed E-state index contributed by atoms with van der Waals surface area (Å²) in [6.45, 7) is 2.55. The molecule has 0 radical (unpaired) electrons. The van der Waals surface area contributed by atoms with Crippen LogP contribution >= 0.6 is 11.3 Å². The lowest BCUT2D eigenvalue weighted by Crippen LogP contribution is -2.03. The second-order valence-corrected chi connectivity index (χ2v) is 7.11. The molecule has 4 nitrogen and oxygen atoms in total. The van der Waals surface area contributed by atoms with Crippen molar-refractivity contribution in [1.29, 1.82) is 0 Å². The van der Waals surface area contributed by atoms with E-state index < -0.39 is 5.97 Å². The summed E-state index contributed by atoms with van der Waals surface area (Å²) in [5.41, 5.74) is 3.45. The predicted octanol–water partition coefficient (Wildman–Crippen LogP) is 4.98. The van der Waals surface area contributed by atoms with Gasteiger partial charge in [0.25, 0.3) is 0 Å². The van der Waals surface area contributed by atoms with Gasteiger partial charge in [0.05, 0.1) is 4.88 Å². The van der Waals surface area contributed by atoms with Gasteiger partial charge in [0.15, 0.2) is 5.70 Å². The van der Waals surface area contributed by atoms with E-state index in [0.29, 0.717) is 12.5 Å². The zero-order chi connectivity index (χ0) is 18.6. The van der Waals surface area contributed by atoms with Crippen LogP contribution in [0.15, 0.2) is 76.7 Å². The van der Waals surface area contributed by atoms with Crippen molar-refractivity contribution in [3.8, 4) is 5.75 Å². The first-order valence-corrected chi connectivity index (χ1v) is 9.40. The fourth-order valence-electron chi connectivity index (χ4n) is 2.62. The fraction of sp³-hybridized carbons (Fsp3) is 0.0909. The van der Waals surface area contributed by atoms with Crippen molar-refractivity contribution in [1.82, 2.24) is 0 Å². The van der Waals surface area contributed by atoms with Crippen molar-refractivity contribution in [2.75, 3.05) is 0 Å². The number of esters is 1. The van der Waals surface area contributed by atoms with Crippen LogP contribution < -0.4 is 4.74 Å². The first-order valence-electron chi connectivity index (χ1n) is 8.52. The number of aryl methyl sites for hydroxylation is 1. The molecule has 2 aromatic carbocycles. The lowest BCUT2D eigenvalue weighted by atomic mass is 10.1. The Morgan fingerprint density at radius 3 is 2.74 bits per heavy atom. The molecule has 0 amide bonds. The lowest BCUT2D eigenvalue weighted by Gasteiger charge is -2.07. The highest BCUT2D eigenvalue weighted by atomic mass is 32.1. The number of carbonyl (C=O) groups excluding carboxylic acids is 1. The van der Waals surface area contributed by atoms with E-state index in [1.54, 1.807) is 6.08 Å². The molecule has 0 atom stereocenters. The van der Waals surface area contributed by atoms with Crippen LogP contribution in [-0.4, -0.2) is 11.9 Å². The largest absolute Gasteiger partial charge is 0.489 e. The zero-order valence-electron chi connectivity index (χ0n) is 14.7. The highest BCUT2D eigenvalue weighted by Crippen LogP contribution is 2.23. The number of cyclic esters (lactones) is 1. The second-order valence-electron chi connectivity index (χ2n) is 6.16. The maximum absolute atomic E-state index is 12.1. The van der Waals surface area contributed by atoms with E-state index in [4.69, 9.17) is 9.47 Å². The van der Waals surface area contributed by atoms with Crippen LogP contribution in [0.1, 0.15) is 21.6 Å². The van der Waals surface area contributed by atoms with Crippen molar-refractivity contribution in [3.05, 3.63) is 93.3 Å². The van der Waals surface area contributed by atoms with E-state index in [1.165, 1.54) is 16.9 Å². The average molecular weight is 375 g/mol. The van der Waals surface area contributed by atoms with Gasteiger partial charge in [0.1, 0.15) is 12.4 Å². The SMILES string of the molecule is Cc1ccc(COc2cccc(/C=C3/N=C(c4cccs4)OC3=O)c2)cc1. The third-order valence-corrected chi connectivity index (χ3v) is 4.90. The molecule has 0 unspecified atom stereocenters. The molecule has 0 bridgehead atoms. The maximum Gasteiger partial charge on any atom is 0.363 e. The Morgan fingerprint density at radius 2 is 1.96 bits per heavy atom. The second kappa shape index (κ2) is 7.60. The van der Waals surface area contributed by atoms with Gasteiger partial charge in [-0.15, -0.1) is 11.3 Å². The van der Waals surface area contributed by atoms with Crippen LogP contribution in [0.5, 0.6) is 5.75 Å².